The van der Waals surface area contributed by atoms with Crippen LogP contribution in [0.4, 0.5) is 5.69 Å². The van der Waals surface area contributed by atoms with Crippen molar-refractivity contribution in [3.05, 3.63) is 64.7 Å². The highest BCUT2D eigenvalue weighted by atomic mass is 35.5. The first kappa shape index (κ1) is 12.5. The van der Waals surface area contributed by atoms with Crippen molar-refractivity contribution in [2.24, 2.45) is 5.73 Å². The predicted molar refractivity (Wildman–Crippen MR) is 80.6 cm³/mol. The highest BCUT2D eigenvalue weighted by Gasteiger charge is 2.34. The van der Waals surface area contributed by atoms with Crippen molar-refractivity contribution in [3.63, 3.8) is 0 Å². The molecule has 1 aliphatic rings. The molecule has 0 amide bonds. The largest absolute Gasteiger partial charge is 0.381 e. The Hall–Kier alpha value is -1.51. The third-order valence-corrected chi connectivity index (χ3v) is 3.80. The van der Waals surface area contributed by atoms with Gasteiger partial charge in [-0.2, -0.15) is 0 Å². The molecule has 3 rings (SSSR count). The number of anilines is 1. The summed E-state index contributed by atoms with van der Waals surface area (Å²) in [6.07, 6.45) is 1.12. The highest BCUT2D eigenvalue weighted by Crippen LogP contribution is 2.39. The van der Waals surface area contributed by atoms with Crippen LogP contribution >= 0.6 is 11.6 Å². The van der Waals surface area contributed by atoms with Crippen molar-refractivity contribution in [1.82, 2.24) is 0 Å². The van der Waals surface area contributed by atoms with Gasteiger partial charge in [0.2, 0.25) is 0 Å². The molecular weight excluding hydrogens is 256 g/mol. The molecule has 2 atom stereocenters. The van der Waals surface area contributed by atoms with E-state index >= 15 is 0 Å². The fraction of sp³-hybridized carbons (Fsp3) is 0.250. The van der Waals surface area contributed by atoms with Gasteiger partial charge in [0.15, 0.2) is 0 Å². The molecule has 2 aromatic carbocycles. The zero-order valence-corrected chi connectivity index (χ0v) is 11.4. The zero-order chi connectivity index (χ0) is 13.2. The molecule has 0 saturated heterocycles. The molecule has 2 nitrogen and oxygen atoms in total. The summed E-state index contributed by atoms with van der Waals surface area (Å²) in [5.74, 6) is 0.571. The second kappa shape index (κ2) is 5.24. The van der Waals surface area contributed by atoms with Gasteiger partial charge in [0.1, 0.15) is 0 Å². The Morgan fingerprint density at radius 3 is 2.53 bits per heavy atom. The first-order valence-corrected chi connectivity index (χ1v) is 6.94. The Morgan fingerprint density at radius 1 is 1.16 bits per heavy atom. The van der Waals surface area contributed by atoms with Crippen LogP contribution in [0.15, 0.2) is 48.5 Å². The van der Waals surface area contributed by atoms with E-state index < -0.39 is 0 Å². The maximum Gasteiger partial charge on any atom is 0.0409 e. The number of halogens is 1. The lowest BCUT2D eigenvalue weighted by Crippen LogP contribution is -2.01. The topological polar surface area (TPSA) is 38.0 Å². The number of hydrogen-bond donors (Lipinski definition) is 2. The molecule has 1 saturated carbocycles. The minimum atomic E-state index is 0.366. The maximum atomic E-state index is 5.96. The van der Waals surface area contributed by atoms with Crippen LogP contribution < -0.4 is 11.1 Å². The zero-order valence-electron chi connectivity index (χ0n) is 10.6. The molecule has 0 radical (unpaired) electrons. The van der Waals surface area contributed by atoms with Gasteiger partial charge in [0.05, 0.1) is 0 Å². The second-order valence-corrected chi connectivity index (χ2v) is 5.55. The smallest absolute Gasteiger partial charge is 0.0409 e. The lowest BCUT2D eigenvalue weighted by Gasteiger charge is -2.08. The van der Waals surface area contributed by atoms with Crippen molar-refractivity contribution in [3.8, 4) is 0 Å². The van der Waals surface area contributed by atoms with E-state index in [4.69, 9.17) is 17.3 Å². The number of nitrogens with one attached hydrogen (secondary N) is 1. The predicted octanol–water partition coefficient (Wildman–Crippen LogP) is 3.77. The van der Waals surface area contributed by atoms with Crippen LogP contribution in [0.5, 0.6) is 0 Å². The minimum absolute atomic E-state index is 0.366. The van der Waals surface area contributed by atoms with Gasteiger partial charge in [-0.25, -0.2) is 0 Å². The summed E-state index contributed by atoms with van der Waals surface area (Å²) in [7, 11) is 0. The van der Waals surface area contributed by atoms with Crippen molar-refractivity contribution >= 4 is 17.3 Å². The molecule has 0 aliphatic heterocycles. The van der Waals surface area contributed by atoms with E-state index in [2.05, 4.69) is 35.6 Å². The number of nitrogens with two attached hydrogens (primary N) is 1. The summed E-state index contributed by atoms with van der Waals surface area (Å²) in [6, 6.07) is 16.8. The fourth-order valence-electron chi connectivity index (χ4n) is 2.30. The Balaban J connectivity index is 1.61. The van der Waals surface area contributed by atoms with Crippen LogP contribution in [0.2, 0.25) is 5.02 Å². The van der Waals surface area contributed by atoms with Gasteiger partial charge >= 0.3 is 0 Å². The molecular formula is C16H17ClN2. The van der Waals surface area contributed by atoms with Crippen LogP contribution in [0.3, 0.4) is 0 Å². The summed E-state index contributed by atoms with van der Waals surface area (Å²) >= 11 is 5.96. The molecule has 1 fully saturated rings. The van der Waals surface area contributed by atoms with Gasteiger partial charge in [0.25, 0.3) is 0 Å². The summed E-state index contributed by atoms with van der Waals surface area (Å²) < 4.78 is 0. The Bertz CT molecular complexity index is 565. The molecule has 2 aromatic rings. The minimum Gasteiger partial charge on any atom is -0.381 e. The third kappa shape index (κ3) is 3.09. The molecule has 3 N–H and O–H groups in total. The fourth-order valence-corrected chi connectivity index (χ4v) is 2.51. The van der Waals surface area contributed by atoms with E-state index in [0.717, 1.165) is 23.7 Å². The molecule has 3 heteroatoms. The Labute approximate surface area is 118 Å². The SMILES string of the molecule is N[C@@H]1C[C@H]1c1ccc(NCc2cccc(Cl)c2)cc1. The summed E-state index contributed by atoms with van der Waals surface area (Å²) in [5.41, 5.74) is 9.51. The van der Waals surface area contributed by atoms with Gasteiger partial charge in [-0.15, -0.1) is 0 Å². The summed E-state index contributed by atoms with van der Waals surface area (Å²) in [4.78, 5) is 0. The molecule has 19 heavy (non-hydrogen) atoms. The lowest BCUT2D eigenvalue weighted by molar-refractivity contribution is 0.990. The standard InChI is InChI=1S/C16H17ClN2/c17-13-3-1-2-11(8-13)10-19-14-6-4-12(5-7-14)15-9-16(15)18/h1-8,15-16,19H,9-10,18H2/t15-,16+/m0/s1. The molecule has 0 aromatic heterocycles. The van der Waals surface area contributed by atoms with Gasteiger partial charge in [0, 0.05) is 29.2 Å². The van der Waals surface area contributed by atoms with E-state index in [9.17, 15) is 0 Å². The van der Waals surface area contributed by atoms with Gasteiger partial charge < -0.3 is 11.1 Å². The number of hydrogen-bond acceptors (Lipinski definition) is 2. The van der Waals surface area contributed by atoms with Gasteiger partial charge in [-0.3, -0.25) is 0 Å². The van der Waals surface area contributed by atoms with Crippen LogP contribution in [0.25, 0.3) is 0 Å². The normalized spacial score (nSPS) is 21.2. The summed E-state index contributed by atoms with van der Waals surface area (Å²) in [5, 5.41) is 4.17. The average molecular weight is 273 g/mol. The van der Waals surface area contributed by atoms with Crippen molar-refractivity contribution in [1.29, 1.82) is 0 Å². The molecule has 0 heterocycles. The Morgan fingerprint density at radius 2 is 1.89 bits per heavy atom. The van der Waals surface area contributed by atoms with Gasteiger partial charge in [-0.05, 0) is 41.8 Å². The van der Waals surface area contributed by atoms with Crippen LogP contribution in [0.1, 0.15) is 23.5 Å². The first-order valence-electron chi connectivity index (χ1n) is 6.56. The van der Waals surface area contributed by atoms with Gasteiger partial charge in [-0.1, -0.05) is 35.9 Å². The number of benzene rings is 2. The van der Waals surface area contributed by atoms with Crippen LogP contribution in [-0.4, -0.2) is 6.04 Å². The van der Waals surface area contributed by atoms with E-state index in [-0.39, 0.29) is 0 Å². The van der Waals surface area contributed by atoms with Crippen molar-refractivity contribution in [2.45, 2.75) is 24.9 Å². The molecule has 98 valence electrons. The van der Waals surface area contributed by atoms with Crippen molar-refractivity contribution in [2.75, 3.05) is 5.32 Å². The third-order valence-electron chi connectivity index (χ3n) is 3.56. The Kier molecular flexibility index (Phi) is 3.45. The molecule has 1 aliphatic carbocycles. The van der Waals surface area contributed by atoms with Crippen LogP contribution in [-0.2, 0) is 6.54 Å². The number of rotatable bonds is 4. The van der Waals surface area contributed by atoms with E-state index in [1.54, 1.807) is 0 Å². The summed E-state index contributed by atoms with van der Waals surface area (Å²) in [6.45, 7) is 0.781. The van der Waals surface area contributed by atoms with E-state index in [0.29, 0.717) is 12.0 Å². The molecule has 0 unspecified atom stereocenters. The quantitative estimate of drug-likeness (QED) is 0.889. The second-order valence-electron chi connectivity index (χ2n) is 5.11. The lowest BCUT2D eigenvalue weighted by atomic mass is 10.1. The monoisotopic (exact) mass is 272 g/mol. The van der Waals surface area contributed by atoms with E-state index in [1.165, 1.54) is 11.1 Å². The van der Waals surface area contributed by atoms with Crippen LogP contribution in [0, 0.1) is 0 Å². The van der Waals surface area contributed by atoms with Crippen molar-refractivity contribution < 1.29 is 0 Å². The van der Waals surface area contributed by atoms with E-state index in [1.807, 2.05) is 18.2 Å². The molecule has 0 bridgehead atoms. The average Bonchev–Trinajstić information content (AvgIpc) is 3.14. The molecule has 0 spiro atoms. The maximum absolute atomic E-state index is 5.96. The first-order chi connectivity index (χ1) is 9.22. The highest BCUT2D eigenvalue weighted by molar-refractivity contribution is 6.30.